The average molecular weight is 262 g/mol. The Morgan fingerprint density at radius 3 is 2.83 bits per heavy atom. The summed E-state index contributed by atoms with van der Waals surface area (Å²) in [7, 11) is 0. The van der Waals surface area contributed by atoms with Crippen LogP contribution in [0.3, 0.4) is 0 Å². The maximum atomic E-state index is 12.0. The molecule has 0 aliphatic heterocycles. The van der Waals surface area contributed by atoms with E-state index in [2.05, 4.69) is 10.3 Å². The predicted octanol–water partition coefficient (Wildman–Crippen LogP) is 2.45. The first-order chi connectivity index (χ1) is 8.70. The molecule has 18 heavy (non-hydrogen) atoms. The first-order valence-corrected chi connectivity index (χ1v) is 5.79. The van der Waals surface area contributed by atoms with Crippen molar-refractivity contribution in [3.63, 3.8) is 0 Å². The van der Waals surface area contributed by atoms with Gasteiger partial charge >= 0.3 is 0 Å². The van der Waals surface area contributed by atoms with E-state index in [1.807, 2.05) is 0 Å². The van der Waals surface area contributed by atoms with Gasteiger partial charge < -0.3 is 11.1 Å². The van der Waals surface area contributed by atoms with E-state index in [4.69, 9.17) is 17.3 Å². The Hall–Kier alpha value is -1.91. The molecule has 1 heterocycles. The van der Waals surface area contributed by atoms with Crippen LogP contribution in [0.25, 0.3) is 0 Å². The summed E-state index contributed by atoms with van der Waals surface area (Å²) in [4.78, 5) is 16.0. The summed E-state index contributed by atoms with van der Waals surface area (Å²) in [5, 5.41) is 3.19. The number of aromatic nitrogens is 1. The summed E-state index contributed by atoms with van der Waals surface area (Å²) in [6.45, 7) is 0.370. The Morgan fingerprint density at radius 1 is 1.33 bits per heavy atom. The van der Waals surface area contributed by atoms with Gasteiger partial charge in [-0.25, -0.2) is 0 Å². The minimum atomic E-state index is -0.307. The van der Waals surface area contributed by atoms with Crippen molar-refractivity contribution in [3.05, 3.63) is 58.9 Å². The molecule has 92 valence electrons. The molecule has 2 rings (SSSR count). The minimum absolute atomic E-state index is 0.307. The van der Waals surface area contributed by atoms with Gasteiger partial charge in [0.15, 0.2) is 0 Å². The third-order valence-corrected chi connectivity index (χ3v) is 2.74. The number of para-hydroxylation sites is 1. The monoisotopic (exact) mass is 261 g/mol. The van der Waals surface area contributed by atoms with Crippen LogP contribution in [0.5, 0.6) is 0 Å². The zero-order chi connectivity index (χ0) is 13.0. The fourth-order valence-corrected chi connectivity index (χ4v) is 1.66. The van der Waals surface area contributed by atoms with Crippen molar-refractivity contribution >= 4 is 23.2 Å². The second-order valence-electron chi connectivity index (χ2n) is 3.69. The van der Waals surface area contributed by atoms with E-state index < -0.39 is 0 Å². The minimum Gasteiger partial charge on any atom is -0.326 e. The van der Waals surface area contributed by atoms with Crippen molar-refractivity contribution in [1.82, 2.24) is 4.98 Å². The van der Waals surface area contributed by atoms with Crippen LogP contribution in [0.15, 0.2) is 42.6 Å². The number of hydrogen-bond acceptors (Lipinski definition) is 3. The molecule has 0 unspecified atom stereocenters. The molecule has 0 atom stereocenters. The van der Waals surface area contributed by atoms with E-state index in [0.717, 1.165) is 5.56 Å². The molecule has 1 aromatic heterocycles. The van der Waals surface area contributed by atoms with Crippen LogP contribution >= 0.6 is 11.6 Å². The number of nitrogens with one attached hydrogen (secondary N) is 1. The third-order valence-electron chi connectivity index (χ3n) is 2.41. The van der Waals surface area contributed by atoms with E-state index in [1.165, 1.54) is 0 Å². The molecule has 0 bridgehead atoms. The number of nitrogens with zero attached hydrogens (tertiary/aromatic N) is 1. The fourth-order valence-electron chi connectivity index (χ4n) is 1.47. The van der Waals surface area contributed by atoms with Crippen LogP contribution in [0.4, 0.5) is 5.69 Å². The number of pyridine rings is 1. The van der Waals surface area contributed by atoms with Crippen molar-refractivity contribution in [3.8, 4) is 0 Å². The first-order valence-electron chi connectivity index (χ1n) is 5.41. The number of rotatable bonds is 3. The number of hydrogen-bond donors (Lipinski definition) is 2. The van der Waals surface area contributed by atoms with Crippen molar-refractivity contribution in [2.45, 2.75) is 6.54 Å². The summed E-state index contributed by atoms with van der Waals surface area (Å²) in [6.07, 6.45) is 1.56. The summed E-state index contributed by atoms with van der Waals surface area (Å²) in [5.74, 6) is -0.307. The topological polar surface area (TPSA) is 68.0 Å². The lowest BCUT2D eigenvalue weighted by atomic mass is 10.2. The highest BCUT2D eigenvalue weighted by Gasteiger charge is 2.09. The number of anilines is 1. The van der Waals surface area contributed by atoms with Gasteiger partial charge in [0.2, 0.25) is 0 Å². The molecule has 4 nitrogen and oxygen atoms in total. The van der Waals surface area contributed by atoms with E-state index in [9.17, 15) is 4.79 Å². The van der Waals surface area contributed by atoms with Crippen LogP contribution in [-0.4, -0.2) is 10.9 Å². The van der Waals surface area contributed by atoms with Crippen LogP contribution in [0.2, 0.25) is 5.02 Å². The lowest BCUT2D eigenvalue weighted by Gasteiger charge is -2.07. The molecule has 5 heteroatoms. The van der Waals surface area contributed by atoms with Gasteiger partial charge in [-0.2, -0.15) is 0 Å². The van der Waals surface area contributed by atoms with Gasteiger partial charge in [0.25, 0.3) is 5.91 Å². The van der Waals surface area contributed by atoms with E-state index >= 15 is 0 Å². The normalized spacial score (nSPS) is 10.1. The van der Waals surface area contributed by atoms with E-state index in [0.29, 0.717) is 22.9 Å². The average Bonchev–Trinajstić information content (AvgIpc) is 2.41. The SMILES string of the molecule is NCc1ccnc(C(=O)Nc2ccccc2Cl)c1. The molecule has 0 radical (unpaired) electrons. The molecule has 1 amide bonds. The lowest BCUT2D eigenvalue weighted by molar-refractivity contribution is 0.102. The highest BCUT2D eigenvalue weighted by molar-refractivity contribution is 6.33. The van der Waals surface area contributed by atoms with Crippen molar-refractivity contribution in [1.29, 1.82) is 0 Å². The fraction of sp³-hybridized carbons (Fsp3) is 0.0769. The molecule has 0 aliphatic rings. The zero-order valence-electron chi connectivity index (χ0n) is 9.56. The third kappa shape index (κ3) is 2.85. The standard InChI is InChI=1S/C13H12ClN3O/c14-10-3-1-2-4-11(10)17-13(18)12-7-9(8-15)5-6-16-12/h1-7H,8,15H2,(H,17,18). The number of nitrogens with two attached hydrogens (primary N) is 1. The Kier molecular flexibility index (Phi) is 3.92. The largest absolute Gasteiger partial charge is 0.326 e. The van der Waals surface area contributed by atoms with Gasteiger partial charge in [0.05, 0.1) is 10.7 Å². The van der Waals surface area contributed by atoms with E-state index in [-0.39, 0.29) is 5.91 Å². The van der Waals surface area contributed by atoms with Crippen LogP contribution in [0.1, 0.15) is 16.1 Å². The predicted molar refractivity (Wildman–Crippen MR) is 71.5 cm³/mol. The first kappa shape index (κ1) is 12.5. The van der Waals surface area contributed by atoms with Crippen molar-refractivity contribution in [2.75, 3.05) is 5.32 Å². The number of halogens is 1. The Labute approximate surface area is 110 Å². The second-order valence-corrected chi connectivity index (χ2v) is 4.09. The molecule has 0 fully saturated rings. The molecule has 3 N–H and O–H groups in total. The maximum Gasteiger partial charge on any atom is 0.274 e. The Balaban J connectivity index is 2.19. The van der Waals surface area contributed by atoms with Gasteiger partial charge in [0, 0.05) is 12.7 Å². The highest BCUT2D eigenvalue weighted by Crippen LogP contribution is 2.20. The summed E-state index contributed by atoms with van der Waals surface area (Å²) < 4.78 is 0. The number of benzene rings is 1. The molecule has 1 aromatic carbocycles. The van der Waals surface area contributed by atoms with Crippen LogP contribution in [-0.2, 0) is 6.54 Å². The van der Waals surface area contributed by atoms with Gasteiger partial charge in [-0.05, 0) is 29.8 Å². The molecule has 0 saturated carbocycles. The highest BCUT2D eigenvalue weighted by atomic mass is 35.5. The Bertz CT molecular complexity index is 572. The van der Waals surface area contributed by atoms with E-state index in [1.54, 1.807) is 42.6 Å². The molecule has 0 saturated heterocycles. The van der Waals surface area contributed by atoms with Gasteiger partial charge in [0.1, 0.15) is 5.69 Å². The molecule has 2 aromatic rings. The van der Waals surface area contributed by atoms with Crippen molar-refractivity contribution in [2.24, 2.45) is 5.73 Å². The lowest BCUT2D eigenvalue weighted by Crippen LogP contribution is -2.14. The summed E-state index contributed by atoms with van der Waals surface area (Å²) in [6, 6.07) is 10.5. The Morgan fingerprint density at radius 2 is 2.11 bits per heavy atom. The number of carbonyl (C=O) groups excluding carboxylic acids is 1. The molecule has 0 aliphatic carbocycles. The van der Waals surface area contributed by atoms with Crippen molar-refractivity contribution < 1.29 is 4.79 Å². The smallest absolute Gasteiger partial charge is 0.274 e. The van der Waals surface area contributed by atoms with Crippen LogP contribution < -0.4 is 11.1 Å². The second kappa shape index (κ2) is 5.62. The van der Waals surface area contributed by atoms with Gasteiger partial charge in [-0.15, -0.1) is 0 Å². The molecular formula is C13H12ClN3O. The molecular weight excluding hydrogens is 250 g/mol. The number of amides is 1. The summed E-state index contributed by atoms with van der Waals surface area (Å²) >= 11 is 5.96. The van der Waals surface area contributed by atoms with Gasteiger partial charge in [-0.1, -0.05) is 23.7 Å². The summed E-state index contributed by atoms with van der Waals surface area (Å²) in [5.41, 5.74) is 7.25. The molecule has 0 spiro atoms. The maximum absolute atomic E-state index is 12.0. The quantitative estimate of drug-likeness (QED) is 0.892. The number of carbonyl (C=O) groups is 1. The van der Waals surface area contributed by atoms with Gasteiger partial charge in [-0.3, -0.25) is 9.78 Å². The zero-order valence-corrected chi connectivity index (χ0v) is 10.3. The van der Waals surface area contributed by atoms with Crippen LogP contribution in [0, 0.1) is 0 Å².